The maximum Gasteiger partial charge on any atom is 0.219 e. The second kappa shape index (κ2) is 15.6. The fraction of sp³-hybridized carbons (Fsp3) is 0.192. The van der Waals surface area contributed by atoms with Crippen molar-refractivity contribution in [3.05, 3.63) is 143 Å². The lowest BCUT2D eigenvalue weighted by molar-refractivity contribution is -0.130. The number of fused-ring (bicyclic) bond motifs is 2. The van der Waals surface area contributed by atoms with Gasteiger partial charge in [-0.2, -0.15) is 0 Å². The van der Waals surface area contributed by atoms with Crippen LogP contribution in [0.4, 0.5) is 0 Å². The molecule has 0 atom stereocenters. The average Bonchev–Trinajstić information content (AvgIpc) is 4.17. The van der Waals surface area contributed by atoms with Crippen molar-refractivity contribution in [2.45, 2.75) is 40.0 Å². The Bertz CT molecular complexity index is 3600. The zero-order valence-electron chi connectivity index (χ0n) is 36.3. The number of ketones is 2. The highest BCUT2D eigenvalue weighted by atomic mass is 16.2. The second-order valence-electron chi connectivity index (χ2n) is 16.9. The number of amides is 2. The second-order valence-corrected chi connectivity index (χ2v) is 16.9. The molecule has 66 heavy (non-hydrogen) atoms. The highest BCUT2D eigenvalue weighted by molar-refractivity contribution is 6.34. The minimum atomic E-state index is 0.0275. The Kier molecular flexibility index (Phi) is 9.48. The van der Waals surface area contributed by atoms with Crippen LogP contribution < -0.4 is 10.6 Å². The van der Waals surface area contributed by atoms with E-state index in [1.165, 1.54) is 0 Å². The molecule has 14 nitrogen and oxygen atoms in total. The standard InChI is InChI=1S/2C26H21N5O2/c1-3-17-10-18-14-29(16(2)32)8-9-30-15-20(19(11-17)26(18)30)25-24(22(33)13-28-25)21-12-27-23-6-4-5-7-31(21)23;1-3-17-10-18-14-29(16(2)32)8-9-30-15-20(19(11-17)26(18)30)24-22(33)13-28-25(24)21-12-27-23-6-4-5-7-31(21)23/h2*1,4-7,10-12,15,28H,8-9,13-14H2,2H3. The molecular weight excluding hydrogens is 829 g/mol. The third-order valence-electron chi connectivity index (χ3n) is 13.1. The summed E-state index contributed by atoms with van der Waals surface area (Å²) in [6.07, 6.45) is 23.1. The van der Waals surface area contributed by atoms with Crippen LogP contribution in [0.15, 0.2) is 97.8 Å². The number of benzene rings is 2. The topological polar surface area (TPSA) is 143 Å². The fourth-order valence-electron chi connectivity index (χ4n) is 9.99. The van der Waals surface area contributed by atoms with Crippen molar-refractivity contribution >= 4 is 79.0 Å². The Labute approximate surface area is 378 Å². The molecular formula is C52H42N10O4. The molecule has 0 fully saturated rings. The van der Waals surface area contributed by atoms with Crippen molar-refractivity contribution in [1.82, 2.24) is 48.3 Å². The number of carbonyl (C=O) groups is 4. The van der Waals surface area contributed by atoms with E-state index >= 15 is 0 Å². The van der Waals surface area contributed by atoms with Gasteiger partial charge in [0, 0.05) is 111 Å². The lowest BCUT2D eigenvalue weighted by Crippen LogP contribution is -2.29. The van der Waals surface area contributed by atoms with Gasteiger partial charge < -0.3 is 29.6 Å². The number of carbonyl (C=O) groups excluding carboxylic acids is 4. The number of nitrogens with one attached hydrogen (secondary N) is 2. The molecule has 324 valence electrons. The zero-order valence-corrected chi connectivity index (χ0v) is 36.3. The smallest absolute Gasteiger partial charge is 0.219 e. The van der Waals surface area contributed by atoms with Gasteiger partial charge >= 0.3 is 0 Å². The van der Waals surface area contributed by atoms with E-state index in [-0.39, 0.29) is 36.5 Å². The Morgan fingerprint density at radius 3 is 1.68 bits per heavy atom. The van der Waals surface area contributed by atoms with Crippen molar-refractivity contribution in [3.8, 4) is 24.7 Å². The summed E-state index contributed by atoms with van der Waals surface area (Å²) in [4.78, 5) is 63.1. The molecule has 12 rings (SSSR count). The third kappa shape index (κ3) is 6.45. The number of aromatic nitrogens is 6. The summed E-state index contributed by atoms with van der Waals surface area (Å²) in [5.74, 6) is 5.63. The molecule has 2 N–H and O–H groups in total. The van der Waals surface area contributed by atoms with Crippen LogP contribution in [0.2, 0.25) is 0 Å². The van der Waals surface area contributed by atoms with E-state index in [1.54, 1.807) is 26.2 Å². The van der Waals surface area contributed by atoms with Crippen molar-refractivity contribution in [2.75, 3.05) is 26.2 Å². The van der Waals surface area contributed by atoms with Crippen molar-refractivity contribution in [1.29, 1.82) is 0 Å². The highest BCUT2D eigenvalue weighted by Gasteiger charge is 2.33. The number of rotatable bonds is 4. The van der Waals surface area contributed by atoms with Gasteiger partial charge in [-0.3, -0.25) is 28.0 Å². The zero-order chi connectivity index (χ0) is 45.4. The van der Waals surface area contributed by atoms with Crippen LogP contribution in [0.25, 0.3) is 55.6 Å². The first-order valence-electron chi connectivity index (χ1n) is 21.7. The summed E-state index contributed by atoms with van der Waals surface area (Å²) in [5, 5.41) is 8.55. The predicted octanol–water partition coefficient (Wildman–Crippen LogP) is 5.35. The molecule has 0 unspecified atom stereocenters. The summed E-state index contributed by atoms with van der Waals surface area (Å²) in [5.41, 5.74) is 13.4. The summed E-state index contributed by atoms with van der Waals surface area (Å²) in [6, 6.07) is 19.5. The molecule has 10 heterocycles. The lowest BCUT2D eigenvalue weighted by atomic mass is 9.97. The molecule has 14 heteroatoms. The van der Waals surface area contributed by atoms with Crippen LogP contribution >= 0.6 is 0 Å². The van der Waals surface area contributed by atoms with Crippen molar-refractivity contribution in [2.24, 2.45) is 0 Å². The van der Waals surface area contributed by atoms with Crippen molar-refractivity contribution < 1.29 is 19.2 Å². The van der Waals surface area contributed by atoms with E-state index < -0.39 is 0 Å². The van der Waals surface area contributed by atoms with Gasteiger partial charge in [-0.25, -0.2) is 9.97 Å². The first kappa shape index (κ1) is 40.2. The minimum Gasteiger partial charge on any atom is -0.376 e. The number of hydrogen-bond acceptors (Lipinski definition) is 8. The number of hydrogen-bond donors (Lipinski definition) is 2. The van der Waals surface area contributed by atoms with E-state index in [0.29, 0.717) is 50.4 Å². The molecule has 4 aliphatic rings. The summed E-state index contributed by atoms with van der Waals surface area (Å²) >= 11 is 0. The molecule has 2 aromatic carbocycles. The van der Waals surface area contributed by atoms with Crippen LogP contribution in [0.5, 0.6) is 0 Å². The minimum absolute atomic E-state index is 0.0275. The molecule has 6 aromatic heterocycles. The number of Topliss-reactive ketones (excluding diaryl/α,β-unsaturated/α-hetero) is 2. The van der Waals surface area contributed by atoms with Crippen LogP contribution in [0, 0.1) is 24.7 Å². The van der Waals surface area contributed by atoms with Gasteiger partial charge in [0.25, 0.3) is 0 Å². The summed E-state index contributed by atoms with van der Waals surface area (Å²) < 4.78 is 8.23. The molecule has 0 spiro atoms. The van der Waals surface area contributed by atoms with Gasteiger partial charge in [-0.05, 0) is 59.7 Å². The van der Waals surface area contributed by atoms with E-state index in [0.717, 1.165) is 89.3 Å². The SMILES string of the molecule is C#Cc1cc2c3c(c1)c(C1=C(c4cnc5ccccn45)C(=O)CN1)cn3CCN(C(C)=O)C2.C#Cc1cc2c3c(c1)c(C1=C(c4cnc5ccccn45)NCC1=O)cn3CCN(C(C)=O)C2. The highest BCUT2D eigenvalue weighted by Crippen LogP contribution is 2.39. The Morgan fingerprint density at radius 1 is 0.621 bits per heavy atom. The molecule has 4 aliphatic heterocycles. The first-order valence-corrected chi connectivity index (χ1v) is 21.7. The van der Waals surface area contributed by atoms with Gasteiger partial charge in [0.1, 0.15) is 11.3 Å². The fourth-order valence-corrected chi connectivity index (χ4v) is 9.99. The Hall–Kier alpha value is -8.62. The van der Waals surface area contributed by atoms with Crippen LogP contribution in [-0.2, 0) is 45.4 Å². The van der Waals surface area contributed by atoms with Gasteiger partial charge in [-0.1, -0.05) is 24.0 Å². The number of nitrogens with zero attached hydrogens (tertiary/aromatic N) is 8. The largest absolute Gasteiger partial charge is 0.376 e. The van der Waals surface area contributed by atoms with E-state index in [9.17, 15) is 19.2 Å². The van der Waals surface area contributed by atoms with E-state index in [4.69, 9.17) is 12.8 Å². The van der Waals surface area contributed by atoms with Gasteiger partial charge in [0.2, 0.25) is 11.8 Å². The van der Waals surface area contributed by atoms with Crippen LogP contribution in [0.1, 0.15) is 58.6 Å². The van der Waals surface area contributed by atoms with Crippen LogP contribution in [-0.4, -0.2) is 87.3 Å². The van der Waals surface area contributed by atoms with Crippen LogP contribution in [0.3, 0.4) is 0 Å². The Balaban J connectivity index is 0.000000146. The Morgan fingerprint density at radius 2 is 1.12 bits per heavy atom. The molecule has 0 bridgehead atoms. The maximum absolute atomic E-state index is 13.2. The molecule has 0 saturated carbocycles. The lowest BCUT2D eigenvalue weighted by Gasteiger charge is -2.19. The van der Waals surface area contributed by atoms with Gasteiger partial charge in [-0.15, -0.1) is 12.8 Å². The number of pyridine rings is 2. The quantitative estimate of drug-likeness (QED) is 0.226. The normalized spacial score (nSPS) is 15.8. The molecule has 2 amide bonds. The first-order chi connectivity index (χ1) is 32.1. The van der Waals surface area contributed by atoms with Gasteiger partial charge in [0.15, 0.2) is 11.6 Å². The monoisotopic (exact) mass is 870 g/mol. The average molecular weight is 871 g/mol. The molecule has 0 saturated heterocycles. The maximum atomic E-state index is 13.2. The predicted molar refractivity (Wildman–Crippen MR) is 252 cm³/mol. The summed E-state index contributed by atoms with van der Waals surface area (Å²) in [6.45, 7) is 7.19. The van der Waals surface area contributed by atoms with E-state index in [2.05, 4.69) is 47.8 Å². The third-order valence-corrected chi connectivity index (χ3v) is 13.1. The molecule has 8 aromatic rings. The number of imidazole rings is 2. The van der Waals surface area contributed by atoms with E-state index in [1.807, 2.05) is 97.9 Å². The van der Waals surface area contributed by atoms with Crippen molar-refractivity contribution in [3.63, 3.8) is 0 Å². The number of terminal acetylenes is 2. The van der Waals surface area contributed by atoms with Gasteiger partial charge in [0.05, 0.1) is 70.4 Å². The molecule has 0 radical (unpaired) electrons. The molecule has 0 aliphatic carbocycles. The summed E-state index contributed by atoms with van der Waals surface area (Å²) in [7, 11) is 0.